The molecular formula is C12H9BrClFOS. The highest BCUT2D eigenvalue weighted by molar-refractivity contribution is 9.10. The highest BCUT2D eigenvalue weighted by atomic mass is 79.9. The maximum atomic E-state index is 13.5. The van der Waals surface area contributed by atoms with Crippen molar-refractivity contribution in [3.05, 3.63) is 55.4 Å². The number of aliphatic hydroxyl groups excluding tert-OH is 1. The lowest BCUT2D eigenvalue weighted by Crippen LogP contribution is -2.02. The van der Waals surface area contributed by atoms with Crippen molar-refractivity contribution in [2.75, 3.05) is 0 Å². The van der Waals surface area contributed by atoms with Crippen LogP contribution in [-0.2, 0) is 6.42 Å². The molecule has 2 aromatic rings. The number of aliphatic hydroxyl groups is 1. The average molecular weight is 336 g/mol. The number of thiophene rings is 1. The van der Waals surface area contributed by atoms with Gasteiger partial charge in [0.2, 0.25) is 0 Å². The van der Waals surface area contributed by atoms with Crippen LogP contribution in [0.3, 0.4) is 0 Å². The van der Waals surface area contributed by atoms with Gasteiger partial charge in [-0.25, -0.2) is 4.39 Å². The zero-order chi connectivity index (χ0) is 12.4. The Morgan fingerprint density at radius 2 is 2.18 bits per heavy atom. The molecule has 1 aromatic carbocycles. The fourth-order valence-electron chi connectivity index (χ4n) is 1.53. The molecule has 0 bridgehead atoms. The molecule has 0 fully saturated rings. The molecular weight excluding hydrogens is 327 g/mol. The first-order valence-electron chi connectivity index (χ1n) is 4.93. The third-order valence-corrected chi connectivity index (χ3v) is 4.58. The van der Waals surface area contributed by atoms with E-state index in [1.807, 2.05) is 11.4 Å². The van der Waals surface area contributed by atoms with Crippen molar-refractivity contribution in [2.24, 2.45) is 0 Å². The Kier molecular flexibility index (Phi) is 4.20. The maximum Gasteiger partial charge on any atom is 0.127 e. The van der Waals surface area contributed by atoms with Crippen molar-refractivity contribution in [1.82, 2.24) is 0 Å². The van der Waals surface area contributed by atoms with Gasteiger partial charge >= 0.3 is 0 Å². The zero-order valence-corrected chi connectivity index (χ0v) is 11.8. The molecule has 5 heteroatoms. The summed E-state index contributed by atoms with van der Waals surface area (Å²) in [5.74, 6) is -0.385. The van der Waals surface area contributed by atoms with Crippen LogP contribution in [0.4, 0.5) is 4.39 Å². The van der Waals surface area contributed by atoms with E-state index < -0.39 is 6.10 Å². The smallest absolute Gasteiger partial charge is 0.127 e. The minimum Gasteiger partial charge on any atom is -0.387 e. The summed E-state index contributed by atoms with van der Waals surface area (Å²) in [7, 11) is 0. The molecule has 0 aliphatic carbocycles. The highest BCUT2D eigenvalue weighted by Gasteiger charge is 2.15. The molecule has 0 saturated heterocycles. The Morgan fingerprint density at radius 1 is 1.41 bits per heavy atom. The van der Waals surface area contributed by atoms with E-state index in [0.29, 0.717) is 10.6 Å². The van der Waals surface area contributed by atoms with E-state index in [4.69, 9.17) is 11.6 Å². The summed E-state index contributed by atoms with van der Waals surface area (Å²) >= 11 is 10.5. The van der Waals surface area contributed by atoms with Gasteiger partial charge in [0.05, 0.1) is 6.10 Å². The maximum absolute atomic E-state index is 13.5. The van der Waals surface area contributed by atoms with Crippen molar-refractivity contribution >= 4 is 38.9 Å². The van der Waals surface area contributed by atoms with Gasteiger partial charge in [0.15, 0.2) is 0 Å². The fraction of sp³-hybridized carbons (Fsp3) is 0.167. The summed E-state index contributed by atoms with van der Waals surface area (Å²) in [4.78, 5) is 0.805. The summed E-state index contributed by atoms with van der Waals surface area (Å²) in [5, 5.41) is 12.3. The number of benzene rings is 1. The average Bonchev–Trinajstić information content (AvgIpc) is 2.68. The topological polar surface area (TPSA) is 20.2 Å². The summed E-state index contributed by atoms with van der Waals surface area (Å²) < 4.78 is 14.4. The molecule has 1 N–H and O–H groups in total. The third kappa shape index (κ3) is 3.07. The molecule has 1 nitrogen and oxygen atoms in total. The fourth-order valence-corrected chi connectivity index (χ4v) is 3.31. The van der Waals surface area contributed by atoms with Crippen LogP contribution >= 0.6 is 38.9 Å². The quantitative estimate of drug-likeness (QED) is 0.870. The van der Waals surface area contributed by atoms with E-state index in [9.17, 15) is 9.50 Å². The predicted octanol–water partition coefficient (Wildman–Crippen LogP) is 4.58. The number of halogens is 3. The lowest BCUT2D eigenvalue weighted by Gasteiger charge is -2.10. The van der Waals surface area contributed by atoms with Gasteiger partial charge in [-0.2, -0.15) is 0 Å². The van der Waals surface area contributed by atoms with Crippen LogP contribution < -0.4 is 0 Å². The van der Waals surface area contributed by atoms with Crippen LogP contribution in [0.5, 0.6) is 0 Å². The molecule has 0 aliphatic heterocycles. The minimum atomic E-state index is -0.708. The third-order valence-electron chi connectivity index (χ3n) is 2.38. The van der Waals surface area contributed by atoms with E-state index >= 15 is 0 Å². The second-order valence-corrected chi connectivity index (χ2v) is 5.83. The molecule has 0 amide bonds. The highest BCUT2D eigenvalue weighted by Crippen LogP contribution is 2.31. The Hall–Kier alpha value is -0.420. The molecule has 1 aromatic heterocycles. The van der Waals surface area contributed by atoms with Crippen LogP contribution in [0.1, 0.15) is 16.5 Å². The van der Waals surface area contributed by atoms with E-state index in [2.05, 4.69) is 15.9 Å². The Balaban J connectivity index is 2.19. The summed E-state index contributed by atoms with van der Waals surface area (Å²) in [6.07, 6.45) is -0.470. The predicted molar refractivity (Wildman–Crippen MR) is 72.1 cm³/mol. The van der Waals surface area contributed by atoms with Crippen LogP contribution in [0.15, 0.2) is 34.1 Å². The molecule has 0 saturated carbocycles. The largest absolute Gasteiger partial charge is 0.387 e. The Labute approximate surface area is 116 Å². The lowest BCUT2D eigenvalue weighted by atomic mass is 10.1. The number of hydrogen-bond donors (Lipinski definition) is 1. The summed E-state index contributed by atoms with van der Waals surface area (Å²) in [6, 6.07) is 6.34. The normalized spacial score (nSPS) is 12.7. The first-order valence-corrected chi connectivity index (χ1v) is 6.98. The molecule has 1 atom stereocenters. The van der Waals surface area contributed by atoms with Crippen molar-refractivity contribution in [3.63, 3.8) is 0 Å². The van der Waals surface area contributed by atoms with E-state index in [1.54, 1.807) is 12.1 Å². The Morgan fingerprint density at radius 3 is 2.76 bits per heavy atom. The van der Waals surface area contributed by atoms with E-state index in [-0.39, 0.29) is 12.2 Å². The first kappa shape index (κ1) is 13.0. The monoisotopic (exact) mass is 334 g/mol. The van der Waals surface area contributed by atoms with Gasteiger partial charge in [-0.3, -0.25) is 0 Å². The number of hydrogen-bond acceptors (Lipinski definition) is 2. The minimum absolute atomic E-state index is 0.238. The first-order chi connectivity index (χ1) is 8.08. The van der Waals surface area contributed by atoms with Gasteiger partial charge in [0.25, 0.3) is 0 Å². The Bertz CT molecular complexity index is 529. The van der Waals surface area contributed by atoms with Crippen molar-refractivity contribution in [1.29, 1.82) is 0 Å². The van der Waals surface area contributed by atoms with E-state index in [0.717, 1.165) is 9.35 Å². The molecule has 17 heavy (non-hydrogen) atoms. The van der Waals surface area contributed by atoms with Gasteiger partial charge in [0, 0.05) is 20.8 Å². The zero-order valence-electron chi connectivity index (χ0n) is 8.66. The second-order valence-electron chi connectivity index (χ2n) is 3.59. The molecule has 1 unspecified atom stereocenters. The van der Waals surface area contributed by atoms with Crippen LogP contribution in [-0.4, -0.2) is 5.11 Å². The van der Waals surface area contributed by atoms with Crippen LogP contribution in [0.25, 0.3) is 0 Å². The summed E-state index contributed by atoms with van der Waals surface area (Å²) in [6.45, 7) is 0. The van der Waals surface area contributed by atoms with Gasteiger partial charge in [-0.1, -0.05) is 17.7 Å². The van der Waals surface area contributed by atoms with Gasteiger partial charge in [-0.05, 0) is 45.1 Å². The SMILES string of the molecule is OC(Cc1ccc(Cl)cc1F)c1sccc1Br. The van der Waals surface area contributed by atoms with Crippen molar-refractivity contribution in [2.45, 2.75) is 12.5 Å². The molecule has 90 valence electrons. The van der Waals surface area contributed by atoms with Crippen molar-refractivity contribution in [3.8, 4) is 0 Å². The standard InChI is InChI=1S/C12H9BrClFOS/c13-9-3-4-17-12(9)11(16)5-7-1-2-8(14)6-10(7)15/h1-4,6,11,16H,5H2. The van der Waals surface area contributed by atoms with Gasteiger partial charge < -0.3 is 5.11 Å². The summed E-state index contributed by atoms with van der Waals surface area (Å²) in [5.41, 5.74) is 0.460. The molecule has 0 radical (unpaired) electrons. The van der Waals surface area contributed by atoms with Gasteiger partial charge in [-0.15, -0.1) is 11.3 Å². The second kappa shape index (κ2) is 5.48. The van der Waals surface area contributed by atoms with E-state index in [1.165, 1.54) is 17.4 Å². The number of rotatable bonds is 3. The van der Waals surface area contributed by atoms with Crippen molar-refractivity contribution < 1.29 is 9.50 Å². The van der Waals surface area contributed by atoms with Crippen LogP contribution in [0.2, 0.25) is 5.02 Å². The lowest BCUT2D eigenvalue weighted by molar-refractivity contribution is 0.180. The molecule has 2 rings (SSSR count). The molecule has 0 spiro atoms. The van der Waals surface area contributed by atoms with Gasteiger partial charge in [0.1, 0.15) is 5.82 Å². The van der Waals surface area contributed by atoms with Crippen LogP contribution in [0, 0.1) is 5.82 Å². The molecule has 1 heterocycles. The molecule has 0 aliphatic rings.